The summed E-state index contributed by atoms with van der Waals surface area (Å²) in [6, 6.07) is 0. The number of alkyl halides is 3. The van der Waals surface area contributed by atoms with Crippen LogP contribution in [0.5, 0.6) is 0 Å². The monoisotopic (exact) mass is 180 g/mol. The van der Waals surface area contributed by atoms with E-state index in [9.17, 15) is 13.2 Å². The van der Waals surface area contributed by atoms with Gasteiger partial charge in [0.05, 0.1) is 5.41 Å². The minimum atomic E-state index is -4.01. The Morgan fingerprint density at radius 3 is 2.08 bits per heavy atom. The topological polar surface area (TPSA) is 0 Å². The largest absolute Gasteiger partial charge is 0.394 e. The van der Waals surface area contributed by atoms with Crippen LogP contribution in [0.1, 0.15) is 33.6 Å². The molecule has 0 saturated heterocycles. The Morgan fingerprint density at radius 1 is 1.33 bits per heavy atom. The molecule has 0 bridgehead atoms. The lowest BCUT2D eigenvalue weighted by Crippen LogP contribution is -2.24. The molecule has 1 rings (SSSR count). The first-order valence-electron chi connectivity index (χ1n) is 4.42. The van der Waals surface area contributed by atoms with E-state index in [1.807, 2.05) is 6.92 Å². The lowest BCUT2D eigenvalue weighted by atomic mass is 10.0. The summed E-state index contributed by atoms with van der Waals surface area (Å²) in [5.74, 6) is -0.319. The third-order valence-electron chi connectivity index (χ3n) is 3.42. The Morgan fingerprint density at radius 2 is 1.83 bits per heavy atom. The van der Waals surface area contributed by atoms with Crippen LogP contribution in [0.15, 0.2) is 0 Å². The van der Waals surface area contributed by atoms with Crippen molar-refractivity contribution in [3.05, 3.63) is 0 Å². The van der Waals surface area contributed by atoms with Crippen LogP contribution in [0.4, 0.5) is 13.2 Å². The second kappa shape index (κ2) is 2.64. The zero-order chi connectivity index (χ0) is 9.57. The molecule has 1 aliphatic carbocycles. The van der Waals surface area contributed by atoms with Crippen molar-refractivity contribution in [1.29, 1.82) is 0 Å². The summed E-state index contributed by atoms with van der Waals surface area (Å²) < 4.78 is 37.3. The molecule has 0 radical (unpaired) electrons. The quantitative estimate of drug-likeness (QED) is 0.608. The zero-order valence-electron chi connectivity index (χ0n) is 7.70. The van der Waals surface area contributed by atoms with Gasteiger partial charge in [-0.05, 0) is 18.3 Å². The molecule has 0 amide bonds. The standard InChI is InChI=1S/C9H15F3/c1-4-5-7-6(2)8(7,3)9(10,11)12/h6-7H,4-5H2,1-3H3. The van der Waals surface area contributed by atoms with Crippen molar-refractivity contribution in [2.24, 2.45) is 17.3 Å². The van der Waals surface area contributed by atoms with Crippen molar-refractivity contribution in [3.63, 3.8) is 0 Å². The molecule has 3 atom stereocenters. The van der Waals surface area contributed by atoms with E-state index in [0.29, 0.717) is 6.42 Å². The van der Waals surface area contributed by atoms with E-state index < -0.39 is 11.6 Å². The van der Waals surface area contributed by atoms with Crippen molar-refractivity contribution in [2.75, 3.05) is 0 Å². The fraction of sp³-hybridized carbons (Fsp3) is 1.00. The Kier molecular flexibility index (Phi) is 2.17. The van der Waals surface area contributed by atoms with Gasteiger partial charge in [0.1, 0.15) is 0 Å². The van der Waals surface area contributed by atoms with Crippen molar-refractivity contribution < 1.29 is 13.2 Å². The second-order valence-electron chi connectivity index (χ2n) is 3.96. The lowest BCUT2D eigenvalue weighted by molar-refractivity contribution is -0.190. The first-order valence-corrected chi connectivity index (χ1v) is 4.42. The van der Waals surface area contributed by atoms with Crippen LogP contribution in [0, 0.1) is 17.3 Å². The van der Waals surface area contributed by atoms with Crippen LogP contribution in [-0.4, -0.2) is 6.18 Å². The molecule has 0 N–H and O–H groups in total. The van der Waals surface area contributed by atoms with Gasteiger partial charge in [-0.25, -0.2) is 0 Å². The molecule has 1 fully saturated rings. The molecule has 0 aromatic carbocycles. The maximum absolute atomic E-state index is 12.4. The molecule has 1 saturated carbocycles. The summed E-state index contributed by atoms with van der Waals surface area (Å²) in [7, 11) is 0. The smallest absolute Gasteiger partial charge is 0.170 e. The predicted octanol–water partition coefficient (Wildman–Crippen LogP) is 3.62. The SMILES string of the molecule is CCCC1C(C)C1(C)C(F)(F)F. The van der Waals surface area contributed by atoms with Gasteiger partial charge >= 0.3 is 6.18 Å². The van der Waals surface area contributed by atoms with Crippen molar-refractivity contribution in [3.8, 4) is 0 Å². The van der Waals surface area contributed by atoms with Crippen LogP contribution in [0.3, 0.4) is 0 Å². The molecule has 0 aromatic rings. The number of hydrogen-bond acceptors (Lipinski definition) is 0. The van der Waals surface area contributed by atoms with E-state index in [-0.39, 0.29) is 11.8 Å². The average Bonchev–Trinajstić information content (AvgIpc) is 2.42. The van der Waals surface area contributed by atoms with Gasteiger partial charge in [-0.3, -0.25) is 0 Å². The summed E-state index contributed by atoms with van der Waals surface area (Å²) >= 11 is 0. The third kappa shape index (κ3) is 1.14. The lowest BCUT2D eigenvalue weighted by Gasteiger charge is -2.15. The van der Waals surface area contributed by atoms with Crippen LogP contribution >= 0.6 is 0 Å². The van der Waals surface area contributed by atoms with Crippen LogP contribution in [0.25, 0.3) is 0 Å². The highest BCUT2D eigenvalue weighted by Gasteiger charge is 2.71. The Bertz CT molecular complexity index is 173. The fourth-order valence-corrected chi connectivity index (χ4v) is 2.16. The summed E-state index contributed by atoms with van der Waals surface area (Å²) in [5.41, 5.74) is -1.39. The number of hydrogen-bond donors (Lipinski definition) is 0. The van der Waals surface area contributed by atoms with Gasteiger partial charge in [-0.15, -0.1) is 0 Å². The van der Waals surface area contributed by atoms with Crippen molar-refractivity contribution in [1.82, 2.24) is 0 Å². The van der Waals surface area contributed by atoms with Gasteiger partial charge in [-0.1, -0.05) is 27.2 Å². The van der Waals surface area contributed by atoms with E-state index in [2.05, 4.69) is 0 Å². The Labute approximate surface area is 71.1 Å². The molecular weight excluding hydrogens is 165 g/mol. The Balaban J connectivity index is 2.65. The van der Waals surface area contributed by atoms with Gasteiger partial charge in [-0.2, -0.15) is 13.2 Å². The highest BCUT2D eigenvalue weighted by atomic mass is 19.4. The van der Waals surface area contributed by atoms with Crippen molar-refractivity contribution in [2.45, 2.75) is 39.8 Å². The zero-order valence-corrected chi connectivity index (χ0v) is 7.70. The van der Waals surface area contributed by atoms with E-state index in [1.165, 1.54) is 6.92 Å². The maximum Gasteiger partial charge on any atom is 0.394 e. The van der Waals surface area contributed by atoms with Gasteiger partial charge in [0, 0.05) is 0 Å². The molecule has 3 heteroatoms. The second-order valence-corrected chi connectivity index (χ2v) is 3.96. The maximum atomic E-state index is 12.4. The minimum absolute atomic E-state index is 0.137. The van der Waals surface area contributed by atoms with Gasteiger partial charge in [0.2, 0.25) is 0 Å². The van der Waals surface area contributed by atoms with Crippen LogP contribution in [-0.2, 0) is 0 Å². The fourth-order valence-electron chi connectivity index (χ4n) is 2.16. The predicted molar refractivity (Wildman–Crippen MR) is 41.7 cm³/mol. The van der Waals surface area contributed by atoms with Gasteiger partial charge in [0.25, 0.3) is 0 Å². The summed E-state index contributed by atoms with van der Waals surface area (Å²) in [6.45, 7) is 4.98. The third-order valence-corrected chi connectivity index (χ3v) is 3.42. The van der Waals surface area contributed by atoms with Gasteiger partial charge in [0.15, 0.2) is 0 Å². The van der Waals surface area contributed by atoms with E-state index >= 15 is 0 Å². The average molecular weight is 180 g/mol. The minimum Gasteiger partial charge on any atom is -0.170 e. The highest BCUT2D eigenvalue weighted by molar-refractivity contribution is 5.09. The molecular formula is C9H15F3. The summed E-state index contributed by atoms with van der Waals surface area (Å²) in [5, 5.41) is 0. The Hall–Kier alpha value is -0.210. The molecule has 12 heavy (non-hydrogen) atoms. The van der Waals surface area contributed by atoms with Crippen LogP contribution < -0.4 is 0 Å². The van der Waals surface area contributed by atoms with Crippen molar-refractivity contribution >= 4 is 0 Å². The molecule has 3 unspecified atom stereocenters. The van der Waals surface area contributed by atoms with E-state index in [0.717, 1.165) is 6.42 Å². The molecule has 0 spiro atoms. The molecule has 0 aromatic heterocycles. The highest BCUT2D eigenvalue weighted by Crippen LogP contribution is 2.68. The van der Waals surface area contributed by atoms with E-state index in [1.54, 1.807) is 6.92 Å². The molecule has 72 valence electrons. The normalized spacial score (nSPS) is 41.5. The number of halogens is 3. The molecule has 0 nitrogen and oxygen atoms in total. The number of rotatable bonds is 2. The first-order chi connectivity index (χ1) is 5.35. The molecule has 0 heterocycles. The molecule has 0 aliphatic heterocycles. The van der Waals surface area contributed by atoms with E-state index in [4.69, 9.17) is 0 Å². The van der Waals surface area contributed by atoms with Gasteiger partial charge < -0.3 is 0 Å². The summed E-state index contributed by atoms with van der Waals surface area (Å²) in [6.07, 6.45) is -2.45. The summed E-state index contributed by atoms with van der Waals surface area (Å²) in [4.78, 5) is 0. The van der Waals surface area contributed by atoms with Crippen LogP contribution in [0.2, 0.25) is 0 Å². The first kappa shape index (κ1) is 9.87. The molecule has 1 aliphatic rings.